The fourth-order valence-corrected chi connectivity index (χ4v) is 2.77. The Morgan fingerprint density at radius 1 is 1.40 bits per heavy atom. The average molecular weight is 214 g/mol. The van der Waals surface area contributed by atoms with Gasteiger partial charge in [0.1, 0.15) is 0 Å². The van der Waals surface area contributed by atoms with Gasteiger partial charge >= 0.3 is 0 Å². The van der Waals surface area contributed by atoms with Crippen molar-refractivity contribution in [2.45, 2.75) is 64.5 Å². The molecular formula is C12H26N2O. The first-order valence-corrected chi connectivity index (χ1v) is 6.28. The first-order valence-electron chi connectivity index (χ1n) is 6.28. The molecule has 1 fully saturated rings. The van der Waals surface area contributed by atoms with Crippen LogP contribution in [0.25, 0.3) is 0 Å². The lowest BCUT2D eigenvalue weighted by molar-refractivity contribution is -0.0969. The summed E-state index contributed by atoms with van der Waals surface area (Å²) in [5.74, 6) is 6.48. The number of rotatable bonds is 5. The van der Waals surface area contributed by atoms with Crippen molar-refractivity contribution in [3.63, 3.8) is 0 Å². The Morgan fingerprint density at radius 2 is 2.00 bits per heavy atom. The molecule has 0 spiro atoms. The third-order valence-corrected chi connectivity index (χ3v) is 3.80. The molecule has 0 aromatic rings. The van der Waals surface area contributed by atoms with Gasteiger partial charge < -0.3 is 4.74 Å². The summed E-state index contributed by atoms with van der Waals surface area (Å²) in [6, 6.07) is 0.296. The lowest BCUT2D eigenvalue weighted by atomic mass is 9.74. The van der Waals surface area contributed by atoms with Crippen molar-refractivity contribution in [3.8, 4) is 0 Å². The van der Waals surface area contributed by atoms with E-state index in [0.29, 0.717) is 6.04 Å². The van der Waals surface area contributed by atoms with E-state index >= 15 is 0 Å². The number of hydrogen-bond acceptors (Lipinski definition) is 3. The van der Waals surface area contributed by atoms with Crippen LogP contribution in [-0.2, 0) is 4.74 Å². The van der Waals surface area contributed by atoms with Crippen molar-refractivity contribution >= 4 is 0 Å². The van der Waals surface area contributed by atoms with Gasteiger partial charge in [-0.2, -0.15) is 0 Å². The fourth-order valence-electron chi connectivity index (χ4n) is 2.77. The normalized spacial score (nSPS) is 34.0. The molecule has 0 aromatic carbocycles. The summed E-state index contributed by atoms with van der Waals surface area (Å²) in [6.07, 6.45) is 5.84. The molecule has 0 aliphatic heterocycles. The van der Waals surface area contributed by atoms with Gasteiger partial charge in [0.15, 0.2) is 0 Å². The van der Waals surface area contributed by atoms with Gasteiger partial charge in [0.05, 0.1) is 5.60 Å². The predicted molar refractivity (Wildman–Crippen MR) is 63.4 cm³/mol. The van der Waals surface area contributed by atoms with E-state index in [-0.39, 0.29) is 5.60 Å². The van der Waals surface area contributed by atoms with Gasteiger partial charge in [-0.15, -0.1) is 0 Å². The van der Waals surface area contributed by atoms with Crippen molar-refractivity contribution in [2.24, 2.45) is 11.8 Å². The Bertz CT molecular complexity index is 172. The van der Waals surface area contributed by atoms with E-state index in [1.54, 1.807) is 0 Å². The highest BCUT2D eigenvalue weighted by molar-refractivity contribution is 4.95. The van der Waals surface area contributed by atoms with E-state index in [4.69, 9.17) is 10.6 Å². The first-order chi connectivity index (χ1) is 7.18. The largest absolute Gasteiger partial charge is 0.374 e. The van der Waals surface area contributed by atoms with Crippen LogP contribution in [0.5, 0.6) is 0 Å². The summed E-state index contributed by atoms with van der Waals surface area (Å²) in [5.41, 5.74) is 2.93. The Labute approximate surface area is 93.7 Å². The third kappa shape index (κ3) is 2.92. The Balaban J connectivity index is 2.69. The number of hydrazine groups is 1. The first kappa shape index (κ1) is 12.9. The third-order valence-electron chi connectivity index (χ3n) is 3.80. The molecule has 90 valence electrons. The van der Waals surface area contributed by atoms with Crippen molar-refractivity contribution in [1.82, 2.24) is 5.43 Å². The van der Waals surface area contributed by atoms with Gasteiger partial charge in [0.2, 0.25) is 0 Å². The Kier molecular flexibility index (Phi) is 5.03. The van der Waals surface area contributed by atoms with E-state index in [1.807, 2.05) is 0 Å². The lowest BCUT2D eigenvalue weighted by Gasteiger charge is -2.44. The summed E-state index contributed by atoms with van der Waals surface area (Å²) >= 11 is 0. The standard InChI is InChI=1S/C12H26N2O/c1-4-11(14-13)12(15-5-2)8-6-10(3)7-9-12/h10-11,14H,4-9,13H2,1-3H3. The van der Waals surface area contributed by atoms with Crippen molar-refractivity contribution in [2.75, 3.05) is 6.61 Å². The second-order valence-electron chi connectivity index (χ2n) is 4.81. The molecule has 1 unspecified atom stereocenters. The topological polar surface area (TPSA) is 47.3 Å². The molecular weight excluding hydrogens is 188 g/mol. The van der Waals surface area contributed by atoms with Crippen LogP contribution in [0.1, 0.15) is 52.9 Å². The number of nitrogens with two attached hydrogens (primary N) is 1. The zero-order valence-corrected chi connectivity index (χ0v) is 10.4. The zero-order chi connectivity index (χ0) is 11.3. The molecule has 0 amide bonds. The monoisotopic (exact) mass is 214 g/mol. The minimum Gasteiger partial charge on any atom is -0.374 e. The van der Waals surface area contributed by atoms with E-state index in [0.717, 1.165) is 31.8 Å². The minimum absolute atomic E-state index is 0.00917. The highest BCUT2D eigenvalue weighted by Gasteiger charge is 2.40. The average Bonchev–Trinajstić information content (AvgIpc) is 2.24. The van der Waals surface area contributed by atoms with Crippen LogP contribution in [0.3, 0.4) is 0 Å². The molecule has 0 bridgehead atoms. The zero-order valence-electron chi connectivity index (χ0n) is 10.4. The maximum absolute atomic E-state index is 6.02. The van der Waals surface area contributed by atoms with Gasteiger partial charge in [-0.1, -0.05) is 13.8 Å². The molecule has 0 aromatic heterocycles. The Hall–Kier alpha value is -0.120. The molecule has 15 heavy (non-hydrogen) atoms. The summed E-state index contributed by atoms with van der Waals surface area (Å²) in [4.78, 5) is 0. The summed E-state index contributed by atoms with van der Waals surface area (Å²) < 4.78 is 6.02. The van der Waals surface area contributed by atoms with E-state index in [1.165, 1.54) is 12.8 Å². The second kappa shape index (κ2) is 5.83. The quantitative estimate of drug-likeness (QED) is 0.545. The lowest BCUT2D eigenvalue weighted by Crippen LogP contribution is -2.56. The van der Waals surface area contributed by atoms with E-state index in [9.17, 15) is 0 Å². The minimum atomic E-state index is -0.00917. The summed E-state index contributed by atoms with van der Waals surface area (Å²) in [5, 5.41) is 0. The van der Waals surface area contributed by atoms with Crippen LogP contribution in [0.15, 0.2) is 0 Å². The molecule has 1 rings (SSSR count). The number of ether oxygens (including phenoxy) is 1. The van der Waals surface area contributed by atoms with Gasteiger partial charge in [0, 0.05) is 12.6 Å². The van der Waals surface area contributed by atoms with Gasteiger partial charge in [0.25, 0.3) is 0 Å². The molecule has 0 saturated heterocycles. The molecule has 1 atom stereocenters. The van der Waals surface area contributed by atoms with Crippen LogP contribution in [0, 0.1) is 5.92 Å². The Morgan fingerprint density at radius 3 is 2.40 bits per heavy atom. The van der Waals surface area contributed by atoms with E-state index in [2.05, 4.69) is 26.2 Å². The fraction of sp³-hybridized carbons (Fsp3) is 1.00. The smallest absolute Gasteiger partial charge is 0.0848 e. The molecule has 1 saturated carbocycles. The number of nitrogens with one attached hydrogen (secondary N) is 1. The van der Waals surface area contributed by atoms with Crippen LogP contribution in [-0.4, -0.2) is 18.2 Å². The molecule has 0 heterocycles. The maximum atomic E-state index is 6.02. The van der Waals surface area contributed by atoms with Crippen molar-refractivity contribution in [3.05, 3.63) is 0 Å². The molecule has 3 nitrogen and oxygen atoms in total. The highest BCUT2D eigenvalue weighted by atomic mass is 16.5. The predicted octanol–water partition coefficient (Wildman–Crippen LogP) is 2.21. The van der Waals surface area contributed by atoms with Gasteiger partial charge in [-0.25, -0.2) is 0 Å². The summed E-state index contributed by atoms with van der Waals surface area (Å²) in [7, 11) is 0. The van der Waals surface area contributed by atoms with Crippen LogP contribution in [0.4, 0.5) is 0 Å². The highest BCUT2D eigenvalue weighted by Crippen LogP contribution is 2.37. The maximum Gasteiger partial charge on any atom is 0.0848 e. The van der Waals surface area contributed by atoms with Gasteiger partial charge in [-0.3, -0.25) is 11.3 Å². The van der Waals surface area contributed by atoms with Crippen molar-refractivity contribution in [1.29, 1.82) is 0 Å². The van der Waals surface area contributed by atoms with Crippen LogP contribution >= 0.6 is 0 Å². The van der Waals surface area contributed by atoms with Crippen LogP contribution < -0.4 is 11.3 Å². The second-order valence-corrected chi connectivity index (χ2v) is 4.81. The summed E-state index contributed by atoms with van der Waals surface area (Å²) in [6.45, 7) is 7.35. The van der Waals surface area contributed by atoms with Crippen LogP contribution in [0.2, 0.25) is 0 Å². The van der Waals surface area contributed by atoms with E-state index < -0.39 is 0 Å². The SMILES string of the molecule is CCOC1(C(CC)NN)CCC(C)CC1. The molecule has 0 radical (unpaired) electrons. The molecule has 3 heteroatoms. The molecule has 1 aliphatic carbocycles. The molecule has 3 N–H and O–H groups in total. The van der Waals surface area contributed by atoms with Crippen molar-refractivity contribution < 1.29 is 4.74 Å². The number of hydrogen-bond donors (Lipinski definition) is 2. The van der Waals surface area contributed by atoms with Gasteiger partial charge in [-0.05, 0) is 44.9 Å². The molecule has 1 aliphatic rings.